The predicted molar refractivity (Wildman–Crippen MR) is 66.8 cm³/mol. The Bertz CT molecular complexity index is 347. The van der Waals surface area contributed by atoms with Crippen LogP contribution >= 0.6 is 0 Å². The molecule has 0 saturated carbocycles. The van der Waals surface area contributed by atoms with Crippen molar-refractivity contribution in [3.05, 3.63) is 35.1 Å². The van der Waals surface area contributed by atoms with Gasteiger partial charge in [-0.15, -0.1) is 0 Å². The summed E-state index contributed by atoms with van der Waals surface area (Å²) in [6.45, 7) is 8.48. The molecule has 2 heteroatoms. The van der Waals surface area contributed by atoms with Crippen molar-refractivity contribution in [2.24, 2.45) is 17.6 Å². The van der Waals surface area contributed by atoms with Gasteiger partial charge in [0.25, 0.3) is 0 Å². The van der Waals surface area contributed by atoms with Gasteiger partial charge in [0.05, 0.1) is 0 Å². The summed E-state index contributed by atoms with van der Waals surface area (Å²) in [7, 11) is 0. The van der Waals surface area contributed by atoms with E-state index in [0.29, 0.717) is 11.8 Å². The van der Waals surface area contributed by atoms with Gasteiger partial charge in [0.15, 0.2) is 0 Å². The first-order valence-corrected chi connectivity index (χ1v) is 5.92. The monoisotopic (exact) mass is 223 g/mol. The van der Waals surface area contributed by atoms with Crippen molar-refractivity contribution < 1.29 is 4.39 Å². The van der Waals surface area contributed by atoms with Crippen molar-refractivity contribution in [1.29, 1.82) is 0 Å². The van der Waals surface area contributed by atoms with Gasteiger partial charge in [-0.05, 0) is 48.4 Å². The second kappa shape index (κ2) is 5.44. The lowest BCUT2D eigenvalue weighted by Gasteiger charge is -2.24. The number of hydrogen-bond donors (Lipinski definition) is 1. The maximum absolute atomic E-state index is 12.9. The molecule has 16 heavy (non-hydrogen) atoms. The molecule has 0 aromatic heterocycles. The van der Waals surface area contributed by atoms with Crippen LogP contribution in [0.25, 0.3) is 0 Å². The van der Waals surface area contributed by atoms with Gasteiger partial charge in [0.2, 0.25) is 0 Å². The first-order valence-electron chi connectivity index (χ1n) is 5.92. The van der Waals surface area contributed by atoms with Gasteiger partial charge in [-0.2, -0.15) is 0 Å². The molecule has 90 valence electrons. The van der Waals surface area contributed by atoms with Crippen LogP contribution in [-0.4, -0.2) is 6.04 Å². The molecular weight excluding hydrogens is 201 g/mol. The second-order valence-electron chi connectivity index (χ2n) is 5.04. The van der Waals surface area contributed by atoms with Gasteiger partial charge in [-0.25, -0.2) is 4.39 Å². The van der Waals surface area contributed by atoms with E-state index in [-0.39, 0.29) is 11.9 Å². The van der Waals surface area contributed by atoms with Gasteiger partial charge >= 0.3 is 0 Å². The van der Waals surface area contributed by atoms with Gasteiger partial charge in [-0.3, -0.25) is 0 Å². The van der Waals surface area contributed by atoms with Crippen LogP contribution in [0.1, 0.15) is 31.9 Å². The quantitative estimate of drug-likeness (QED) is 0.832. The lowest BCUT2D eigenvalue weighted by molar-refractivity contribution is 0.344. The molecule has 0 saturated heterocycles. The van der Waals surface area contributed by atoms with Crippen LogP contribution in [0, 0.1) is 24.6 Å². The summed E-state index contributed by atoms with van der Waals surface area (Å²) in [6, 6.07) is 5.07. The van der Waals surface area contributed by atoms with Gasteiger partial charge in [0, 0.05) is 6.04 Å². The molecule has 2 atom stereocenters. The highest BCUT2D eigenvalue weighted by molar-refractivity contribution is 5.27. The van der Waals surface area contributed by atoms with E-state index >= 15 is 0 Å². The first kappa shape index (κ1) is 13.2. The van der Waals surface area contributed by atoms with Crippen LogP contribution in [0.4, 0.5) is 4.39 Å². The molecule has 0 aliphatic carbocycles. The van der Waals surface area contributed by atoms with Crippen LogP contribution < -0.4 is 5.73 Å². The lowest BCUT2D eigenvalue weighted by Crippen LogP contribution is -2.33. The minimum Gasteiger partial charge on any atom is -0.327 e. The summed E-state index contributed by atoms with van der Waals surface area (Å²) in [5.74, 6) is 0.881. The van der Waals surface area contributed by atoms with E-state index in [4.69, 9.17) is 5.73 Å². The third kappa shape index (κ3) is 3.31. The predicted octanol–water partition coefficient (Wildman–Crippen LogP) is 3.30. The molecule has 0 radical (unpaired) electrons. The van der Waals surface area contributed by atoms with Gasteiger partial charge in [-0.1, -0.05) is 26.8 Å². The minimum atomic E-state index is -0.174. The summed E-state index contributed by atoms with van der Waals surface area (Å²) < 4.78 is 12.9. The smallest absolute Gasteiger partial charge is 0.123 e. The van der Waals surface area contributed by atoms with Crippen LogP contribution in [-0.2, 0) is 6.42 Å². The summed E-state index contributed by atoms with van der Waals surface area (Å²) in [4.78, 5) is 0. The second-order valence-corrected chi connectivity index (χ2v) is 5.04. The summed E-state index contributed by atoms with van der Waals surface area (Å²) in [5, 5.41) is 0. The molecule has 1 aromatic carbocycles. The molecule has 0 spiro atoms. The first-order chi connectivity index (χ1) is 7.41. The Morgan fingerprint density at radius 1 is 1.25 bits per heavy atom. The standard InChI is InChI=1S/C14H22FN/c1-9(2)11(4)14(16)8-12-5-6-13(15)7-10(12)3/h5-7,9,11,14H,8,16H2,1-4H3. The van der Waals surface area contributed by atoms with Crippen molar-refractivity contribution in [2.75, 3.05) is 0 Å². The molecular formula is C14H22FN. The highest BCUT2D eigenvalue weighted by Gasteiger charge is 2.17. The van der Waals surface area contributed by atoms with Crippen molar-refractivity contribution in [1.82, 2.24) is 0 Å². The Morgan fingerprint density at radius 2 is 1.88 bits per heavy atom. The highest BCUT2D eigenvalue weighted by Crippen LogP contribution is 2.18. The average Bonchev–Trinajstić information content (AvgIpc) is 2.20. The van der Waals surface area contributed by atoms with E-state index in [1.807, 2.05) is 13.0 Å². The number of nitrogens with two attached hydrogens (primary N) is 1. The highest BCUT2D eigenvalue weighted by atomic mass is 19.1. The zero-order valence-electron chi connectivity index (χ0n) is 10.6. The largest absolute Gasteiger partial charge is 0.327 e. The SMILES string of the molecule is Cc1cc(F)ccc1CC(N)C(C)C(C)C. The summed E-state index contributed by atoms with van der Waals surface area (Å²) in [5.41, 5.74) is 8.31. The van der Waals surface area contributed by atoms with E-state index in [1.54, 1.807) is 6.07 Å². The zero-order valence-corrected chi connectivity index (χ0v) is 10.6. The molecule has 0 amide bonds. The molecule has 0 fully saturated rings. The molecule has 1 nitrogen and oxygen atoms in total. The van der Waals surface area contributed by atoms with Crippen LogP contribution in [0.2, 0.25) is 0 Å². The number of halogens is 1. The Kier molecular flexibility index (Phi) is 4.48. The normalized spacial score (nSPS) is 15.2. The molecule has 0 heterocycles. The third-order valence-corrected chi connectivity index (χ3v) is 3.49. The Labute approximate surface area is 97.9 Å². The van der Waals surface area contributed by atoms with Gasteiger partial charge < -0.3 is 5.73 Å². The number of aryl methyl sites for hydroxylation is 1. The van der Waals surface area contributed by atoms with E-state index in [1.165, 1.54) is 6.07 Å². The fourth-order valence-electron chi connectivity index (χ4n) is 1.82. The number of rotatable bonds is 4. The fourth-order valence-corrected chi connectivity index (χ4v) is 1.82. The van der Waals surface area contributed by atoms with Crippen molar-refractivity contribution in [3.63, 3.8) is 0 Å². The lowest BCUT2D eigenvalue weighted by atomic mass is 9.86. The van der Waals surface area contributed by atoms with Crippen LogP contribution in [0.3, 0.4) is 0 Å². The molecule has 0 bridgehead atoms. The molecule has 1 aromatic rings. The Morgan fingerprint density at radius 3 is 2.38 bits per heavy atom. The fraction of sp³-hybridized carbons (Fsp3) is 0.571. The third-order valence-electron chi connectivity index (χ3n) is 3.49. The van der Waals surface area contributed by atoms with Crippen molar-refractivity contribution >= 4 is 0 Å². The molecule has 0 aliphatic rings. The summed E-state index contributed by atoms with van der Waals surface area (Å²) >= 11 is 0. The molecule has 2 unspecified atom stereocenters. The van der Waals surface area contributed by atoms with E-state index in [9.17, 15) is 4.39 Å². The van der Waals surface area contributed by atoms with E-state index < -0.39 is 0 Å². The van der Waals surface area contributed by atoms with Crippen LogP contribution in [0.5, 0.6) is 0 Å². The van der Waals surface area contributed by atoms with Crippen molar-refractivity contribution in [2.45, 2.75) is 40.2 Å². The van der Waals surface area contributed by atoms with Crippen LogP contribution in [0.15, 0.2) is 18.2 Å². The zero-order chi connectivity index (χ0) is 12.3. The van der Waals surface area contributed by atoms with E-state index in [0.717, 1.165) is 17.5 Å². The van der Waals surface area contributed by atoms with Gasteiger partial charge in [0.1, 0.15) is 5.82 Å². The molecule has 2 N–H and O–H groups in total. The average molecular weight is 223 g/mol. The van der Waals surface area contributed by atoms with Crippen molar-refractivity contribution in [3.8, 4) is 0 Å². The maximum atomic E-state index is 12.9. The number of benzene rings is 1. The van der Waals surface area contributed by atoms with E-state index in [2.05, 4.69) is 20.8 Å². The Balaban J connectivity index is 2.73. The molecule has 1 rings (SSSR count). The maximum Gasteiger partial charge on any atom is 0.123 e. The topological polar surface area (TPSA) is 26.0 Å². The minimum absolute atomic E-state index is 0.143. The number of hydrogen-bond acceptors (Lipinski definition) is 1. The Hall–Kier alpha value is -0.890. The summed E-state index contributed by atoms with van der Waals surface area (Å²) in [6.07, 6.45) is 0.825. The molecule has 0 aliphatic heterocycles.